The van der Waals surface area contributed by atoms with Gasteiger partial charge >= 0.3 is 5.97 Å². The Morgan fingerprint density at radius 3 is 2.53 bits per heavy atom. The van der Waals surface area contributed by atoms with Crippen molar-refractivity contribution in [3.8, 4) is 16.3 Å². The van der Waals surface area contributed by atoms with E-state index in [0.29, 0.717) is 9.61 Å². The number of carboxylic acids is 1. The fraction of sp³-hybridized carbons (Fsp3) is 0.0909. The summed E-state index contributed by atoms with van der Waals surface area (Å²) in [5, 5.41) is 9.59. The minimum Gasteiger partial charge on any atom is -0.497 e. The summed E-state index contributed by atoms with van der Waals surface area (Å²) in [5.74, 6) is -0.225. The molecule has 0 fully saturated rings. The number of rotatable bonds is 3. The lowest BCUT2D eigenvalue weighted by atomic mass is 10.2. The normalized spacial score (nSPS) is 10.2. The second-order valence-electron chi connectivity index (χ2n) is 3.17. The number of thiazole rings is 1. The van der Waals surface area contributed by atoms with Crippen LogP contribution in [0.15, 0.2) is 28.9 Å². The van der Waals surface area contributed by atoms with Crippen LogP contribution in [0.1, 0.15) is 9.67 Å². The van der Waals surface area contributed by atoms with Crippen LogP contribution in [0.25, 0.3) is 10.6 Å². The lowest BCUT2D eigenvalue weighted by Gasteiger charge is -1.99. The highest BCUT2D eigenvalue weighted by molar-refractivity contribution is 9.10. The van der Waals surface area contributed by atoms with Crippen LogP contribution in [0.5, 0.6) is 5.75 Å². The standard InChI is InChI=1S/C11H8BrNO3S/c1-16-7-4-2-6(3-5-7)10-13-9(12)8(17-10)11(14)15/h2-5H,1H3,(H,14,15). The lowest BCUT2D eigenvalue weighted by molar-refractivity contribution is 0.0701. The summed E-state index contributed by atoms with van der Waals surface area (Å²) in [5.41, 5.74) is 0.865. The molecule has 6 heteroatoms. The van der Waals surface area contributed by atoms with Crippen molar-refractivity contribution >= 4 is 33.2 Å². The molecule has 1 aromatic heterocycles. The highest BCUT2D eigenvalue weighted by Gasteiger charge is 2.16. The maximum absolute atomic E-state index is 10.9. The van der Waals surface area contributed by atoms with E-state index in [1.165, 1.54) is 0 Å². The van der Waals surface area contributed by atoms with Gasteiger partial charge in [0.25, 0.3) is 0 Å². The second kappa shape index (κ2) is 4.85. The van der Waals surface area contributed by atoms with Gasteiger partial charge in [0.1, 0.15) is 20.2 Å². The van der Waals surface area contributed by atoms with Crippen LogP contribution in [-0.4, -0.2) is 23.2 Å². The van der Waals surface area contributed by atoms with Crippen LogP contribution in [0, 0.1) is 0 Å². The maximum Gasteiger partial charge on any atom is 0.348 e. The Balaban J connectivity index is 2.39. The van der Waals surface area contributed by atoms with Crippen LogP contribution in [0.3, 0.4) is 0 Å². The van der Waals surface area contributed by atoms with E-state index in [9.17, 15) is 4.79 Å². The summed E-state index contributed by atoms with van der Waals surface area (Å²) in [6.45, 7) is 0. The molecule has 0 atom stereocenters. The third kappa shape index (κ3) is 2.48. The van der Waals surface area contributed by atoms with Gasteiger partial charge in [0.2, 0.25) is 0 Å². The van der Waals surface area contributed by atoms with Crippen LogP contribution in [-0.2, 0) is 0 Å². The summed E-state index contributed by atoms with van der Waals surface area (Å²) in [4.78, 5) is 15.3. The highest BCUT2D eigenvalue weighted by atomic mass is 79.9. The van der Waals surface area contributed by atoms with E-state index in [0.717, 1.165) is 22.6 Å². The molecule has 1 aromatic carbocycles. The molecule has 0 spiro atoms. The van der Waals surface area contributed by atoms with E-state index in [1.807, 2.05) is 24.3 Å². The number of aromatic carboxylic acids is 1. The monoisotopic (exact) mass is 313 g/mol. The van der Waals surface area contributed by atoms with Gasteiger partial charge in [-0.15, -0.1) is 11.3 Å². The number of halogens is 1. The maximum atomic E-state index is 10.9. The van der Waals surface area contributed by atoms with Gasteiger partial charge in [0.15, 0.2) is 0 Å². The first-order valence-electron chi connectivity index (χ1n) is 4.66. The molecule has 0 radical (unpaired) electrons. The minimum atomic E-state index is -0.978. The van der Waals surface area contributed by atoms with Crippen molar-refractivity contribution in [3.05, 3.63) is 33.7 Å². The van der Waals surface area contributed by atoms with Crippen molar-refractivity contribution in [3.63, 3.8) is 0 Å². The van der Waals surface area contributed by atoms with E-state index >= 15 is 0 Å². The predicted octanol–water partition coefficient (Wildman–Crippen LogP) is 3.28. The quantitative estimate of drug-likeness (QED) is 0.944. The molecular weight excluding hydrogens is 306 g/mol. The molecule has 2 aromatic rings. The third-order valence-electron chi connectivity index (χ3n) is 2.12. The molecule has 2 rings (SSSR count). The van der Waals surface area contributed by atoms with Gasteiger partial charge in [-0.1, -0.05) is 0 Å². The zero-order chi connectivity index (χ0) is 12.4. The highest BCUT2D eigenvalue weighted by Crippen LogP contribution is 2.31. The number of hydrogen-bond acceptors (Lipinski definition) is 4. The summed E-state index contributed by atoms with van der Waals surface area (Å²) in [6, 6.07) is 7.31. The van der Waals surface area contributed by atoms with Gasteiger partial charge in [-0.2, -0.15) is 0 Å². The summed E-state index contributed by atoms with van der Waals surface area (Å²) in [7, 11) is 1.59. The number of ether oxygens (including phenoxy) is 1. The average molecular weight is 314 g/mol. The largest absolute Gasteiger partial charge is 0.497 e. The number of carbonyl (C=O) groups is 1. The number of aromatic nitrogens is 1. The molecule has 0 saturated heterocycles. The summed E-state index contributed by atoms with van der Waals surface area (Å²) in [6.07, 6.45) is 0. The zero-order valence-corrected chi connectivity index (χ0v) is 11.2. The van der Waals surface area contributed by atoms with Gasteiger partial charge in [-0.05, 0) is 40.2 Å². The van der Waals surface area contributed by atoms with Gasteiger partial charge in [0.05, 0.1) is 7.11 Å². The Bertz CT molecular complexity index is 550. The molecule has 17 heavy (non-hydrogen) atoms. The number of methoxy groups -OCH3 is 1. The Hall–Kier alpha value is -1.40. The fourth-order valence-electron chi connectivity index (χ4n) is 1.29. The van der Waals surface area contributed by atoms with Crippen LogP contribution in [0.2, 0.25) is 0 Å². The first-order valence-corrected chi connectivity index (χ1v) is 6.27. The first kappa shape index (κ1) is 12.1. The van der Waals surface area contributed by atoms with Crippen molar-refractivity contribution in [1.82, 2.24) is 4.98 Å². The fourth-order valence-corrected chi connectivity index (χ4v) is 2.80. The van der Waals surface area contributed by atoms with Gasteiger partial charge < -0.3 is 9.84 Å². The van der Waals surface area contributed by atoms with Gasteiger partial charge in [-0.25, -0.2) is 9.78 Å². The lowest BCUT2D eigenvalue weighted by Crippen LogP contribution is -1.91. The molecule has 0 aliphatic carbocycles. The van der Waals surface area contributed by atoms with E-state index in [1.54, 1.807) is 7.11 Å². The first-order chi connectivity index (χ1) is 8.11. The molecule has 0 saturated carbocycles. The summed E-state index contributed by atoms with van der Waals surface area (Å²) < 4.78 is 5.41. The molecule has 0 aliphatic heterocycles. The van der Waals surface area contributed by atoms with E-state index < -0.39 is 5.97 Å². The molecule has 0 aliphatic rings. The minimum absolute atomic E-state index is 0.204. The average Bonchev–Trinajstić information content (AvgIpc) is 2.71. The Kier molecular flexibility index (Phi) is 3.44. The van der Waals surface area contributed by atoms with Crippen LogP contribution in [0.4, 0.5) is 0 Å². The SMILES string of the molecule is COc1ccc(-c2nc(Br)c(C(=O)O)s2)cc1. The molecule has 0 bridgehead atoms. The number of benzene rings is 1. The van der Waals surface area contributed by atoms with Gasteiger partial charge in [-0.3, -0.25) is 0 Å². The van der Waals surface area contributed by atoms with Crippen LogP contribution >= 0.6 is 27.3 Å². The number of nitrogens with zero attached hydrogens (tertiary/aromatic N) is 1. The Morgan fingerprint density at radius 1 is 1.41 bits per heavy atom. The number of carboxylic acid groups (broad SMARTS) is 1. The topological polar surface area (TPSA) is 59.4 Å². The molecule has 1 N–H and O–H groups in total. The second-order valence-corrected chi connectivity index (χ2v) is 4.92. The number of hydrogen-bond donors (Lipinski definition) is 1. The molecule has 0 unspecified atom stereocenters. The Morgan fingerprint density at radius 2 is 2.06 bits per heavy atom. The van der Waals surface area contributed by atoms with Crippen molar-refractivity contribution in [2.45, 2.75) is 0 Å². The van der Waals surface area contributed by atoms with Crippen molar-refractivity contribution < 1.29 is 14.6 Å². The predicted molar refractivity (Wildman–Crippen MR) is 68.8 cm³/mol. The van der Waals surface area contributed by atoms with E-state index in [2.05, 4.69) is 20.9 Å². The smallest absolute Gasteiger partial charge is 0.348 e. The molecule has 0 amide bonds. The Labute approximate surface area is 110 Å². The molecule has 88 valence electrons. The van der Waals surface area contributed by atoms with Crippen molar-refractivity contribution in [2.75, 3.05) is 7.11 Å². The molecule has 4 nitrogen and oxygen atoms in total. The zero-order valence-electron chi connectivity index (χ0n) is 8.81. The van der Waals surface area contributed by atoms with E-state index in [4.69, 9.17) is 9.84 Å². The van der Waals surface area contributed by atoms with Crippen LogP contribution < -0.4 is 4.74 Å². The molecule has 1 heterocycles. The van der Waals surface area contributed by atoms with E-state index in [-0.39, 0.29) is 4.88 Å². The summed E-state index contributed by atoms with van der Waals surface area (Å²) >= 11 is 4.27. The third-order valence-corrected chi connectivity index (χ3v) is 4.05. The molecular formula is C11H8BrNO3S. The van der Waals surface area contributed by atoms with Crippen molar-refractivity contribution in [1.29, 1.82) is 0 Å². The van der Waals surface area contributed by atoms with Gasteiger partial charge in [0, 0.05) is 5.56 Å². The van der Waals surface area contributed by atoms with Crippen molar-refractivity contribution in [2.24, 2.45) is 0 Å².